The van der Waals surface area contributed by atoms with Gasteiger partial charge in [0.15, 0.2) is 5.96 Å². The molecule has 0 atom stereocenters. The molecule has 2 rings (SSSR count). The zero-order valence-corrected chi connectivity index (χ0v) is 18.7. The lowest BCUT2D eigenvalue weighted by molar-refractivity contribution is 0.139. The molecule has 1 aliphatic rings. The Bertz CT molecular complexity index is 532. The molecule has 1 aromatic rings. The molecule has 0 saturated carbocycles. The lowest BCUT2D eigenvalue weighted by Gasteiger charge is -2.34. The summed E-state index contributed by atoms with van der Waals surface area (Å²) in [5.74, 6) is 1.81. The molecular formula is C19H34IN5O. The third-order valence-electron chi connectivity index (χ3n) is 4.74. The summed E-state index contributed by atoms with van der Waals surface area (Å²) < 4.78 is 5.39. The van der Waals surface area contributed by atoms with Gasteiger partial charge in [-0.1, -0.05) is 25.1 Å². The van der Waals surface area contributed by atoms with Gasteiger partial charge in [-0.3, -0.25) is 9.89 Å². The van der Waals surface area contributed by atoms with Crippen molar-refractivity contribution in [3.05, 3.63) is 29.8 Å². The predicted octanol–water partition coefficient (Wildman–Crippen LogP) is 1.66. The Hall–Kier alpha value is -1.06. The summed E-state index contributed by atoms with van der Waals surface area (Å²) in [5, 5.41) is 6.79. The standard InChI is InChI=1S/C19H33N5O.HI/c1-4-23-13-15-24(16-14-23)12-11-22-19(20-2)21-10-9-17-7-5-6-8-18(17)25-3;/h5-8H,4,9-16H2,1-3H3,(H2,20,21,22);1H. The van der Waals surface area contributed by atoms with Crippen LogP contribution in [0.2, 0.25) is 0 Å². The number of aliphatic imine (C=N–C) groups is 1. The molecule has 1 heterocycles. The zero-order valence-electron chi connectivity index (χ0n) is 16.3. The number of hydrogen-bond acceptors (Lipinski definition) is 4. The minimum Gasteiger partial charge on any atom is -0.496 e. The summed E-state index contributed by atoms with van der Waals surface area (Å²) in [4.78, 5) is 9.32. The minimum atomic E-state index is 0. The van der Waals surface area contributed by atoms with Crippen LogP contribution in [0.5, 0.6) is 5.75 Å². The fraction of sp³-hybridized carbons (Fsp3) is 0.632. The van der Waals surface area contributed by atoms with Crippen molar-refractivity contribution in [1.29, 1.82) is 0 Å². The van der Waals surface area contributed by atoms with Crippen molar-refractivity contribution in [1.82, 2.24) is 20.4 Å². The van der Waals surface area contributed by atoms with E-state index in [1.54, 1.807) is 7.11 Å². The molecule has 1 fully saturated rings. The summed E-state index contributed by atoms with van der Waals surface area (Å²) in [6.45, 7) is 10.9. The van der Waals surface area contributed by atoms with E-state index in [4.69, 9.17) is 4.74 Å². The second-order valence-corrected chi connectivity index (χ2v) is 6.26. The maximum atomic E-state index is 5.39. The van der Waals surface area contributed by atoms with Gasteiger partial charge < -0.3 is 20.3 Å². The Morgan fingerprint density at radius 3 is 2.38 bits per heavy atom. The molecule has 0 bridgehead atoms. The SMILES string of the molecule is CCN1CCN(CCNC(=NC)NCCc2ccccc2OC)CC1.I. The highest BCUT2D eigenvalue weighted by Gasteiger charge is 2.14. The number of likely N-dealkylation sites (N-methyl/N-ethyl adjacent to an activating group) is 1. The van der Waals surface area contributed by atoms with Gasteiger partial charge in [0.05, 0.1) is 7.11 Å². The number of piperazine rings is 1. The van der Waals surface area contributed by atoms with Crippen molar-refractivity contribution in [2.24, 2.45) is 4.99 Å². The Morgan fingerprint density at radius 1 is 1.08 bits per heavy atom. The van der Waals surface area contributed by atoms with Crippen LogP contribution in [-0.2, 0) is 6.42 Å². The van der Waals surface area contributed by atoms with E-state index >= 15 is 0 Å². The maximum Gasteiger partial charge on any atom is 0.191 e. The highest BCUT2D eigenvalue weighted by atomic mass is 127. The van der Waals surface area contributed by atoms with Gasteiger partial charge in [-0.25, -0.2) is 0 Å². The quantitative estimate of drug-likeness (QED) is 0.341. The summed E-state index contributed by atoms with van der Waals surface area (Å²) in [5.41, 5.74) is 1.21. The number of nitrogens with one attached hydrogen (secondary N) is 2. The van der Waals surface area contributed by atoms with Crippen molar-refractivity contribution >= 4 is 29.9 Å². The molecule has 0 radical (unpaired) electrons. The van der Waals surface area contributed by atoms with Gasteiger partial charge >= 0.3 is 0 Å². The number of methoxy groups -OCH3 is 1. The topological polar surface area (TPSA) is 52.1 Å². The van der Waals surface area contributed by atoms with Crippen LogP contribution < -0.4 is 15.4 Å². The first kappa shape index (κ1) is 23.0. The van der Waals surface area contributed by atoms with Crippen LogP contribution in [0, 0.1) is 0 Å². The first-order valence-electron chi connectivity index (χ1n) is 9.28. The van der Waals surface area contributed by atoms with Crippen molar-refractivity contribution in [2.75, 3.05) is 66.5 Å². The molecule has 1 saturated heterocycles. The van der Waals surface area contributed by atoms with E-state index in [1.165, 1.54) is 18.7 Å². The molecule has 1 aromatic carbocycles. The molecule has 1 aliphatic heterocycles. The monoisotopic (exact) mass is 475 g/mol. The third-order valence-corrected chi connectivity index (χ3v) is 4.74. The predicted molar refractivity (Wildman–Crippen MR) is 120 cm³/mol. The number of rotatable bonds is 8. The van der Waals surface area contributed by atoms with Gasteiger partial charge in [0.25, 0.3) is 0 Å². The number of nitrogens with zero attached hydrogens (tertiary/aromatic N) is 3. The Balaban J connectivity index is 0.00000338. The van der Waals surface area contributed by atoms with E-state index in [9.17, 15) is 0 Å². The van der Waals surface area contributed by atoms with E-state index in [0.29, 0.717) is 0 Å². The lowest BCUT2D eigenvalue weighted by atomic mass is 10.1. The van der Waals surface area contributed by atoms with E-state index in [1.807, 2.05) is 25.2 Å². The highest BCUT2D eigenvalue weighted by Crippen LogP contribution is 2.17. The normalized spacial score (nSPS) is 16.0. The Labute approximate surface area is 175 Å². The fourth-order valence-corrected chi connectivity index (χ4v) is 3.11. The number of hydrogen-bond donors (Lipinski definition) is 2. The summed E-state index contributed by atoms with van der Waals surface area (Å²) in [7, 11) is 3.53. The lowest BCUT2D eigenvalue weighted by Crippen LogP contribution is -2.49. The van der Waals surface area contributed by atoms with E-state index in [-0.39, 0.29) is 24.0 Å². The molecule has 0 aromatic heterocycles. The first-order valence-corrected chi connectivity index (χ1v) is 9.28. The third kappa shape index (κ3) is 7.67. The van der Waals surface area contributed by atoms with Gasteiger partial charge in [0.1, 0.15) is 5.75 Å². The van der Waals surface area contributed by atoms with Crippen LogP contribution in [-0.4, -0.2) is 82.3 Å². The van der Waals surface area contributed by atoms with Crippen LogP contribution in [0.15, 0.2) is 29.3 Å². The van der Waals surface area contributed by atoms with Gasteiger partial charge in [-0.15, -0.1) is 24.0 Å². The second kappa shape index (κ2) is 13.2. The molecule has 0 amide bonds. The maximum absolute atomic E-state index is 5.39. The van der Waals surface area contributed by atoms with Gasteiger partial charge in [0.2, 0.25) is 0 Å². The molecule has 2 N–H and O–H groups in total. The largest absolute Gasteiger partial charge is 0.496 e. The average molecular weight is 475 g/mol. The molecule has 0 unspecified atom stereocenters. The molecule has 0 aliphatic carbocycles. The van der Waals surface area contributed by atoms with Crippen LogP contribution in [0.25, 0.3) is 0 Å². The van der Waals surface area contributed by atoms with Gasteiger partial charge in [-0.05, 0) is 24.6 Å². The molecule has 6 nitrogen and oxygen atoms in total. The number of benzene rings is 1. The smallest absolute Gasteiger partial charge is 0.191 e. The number of ether oxygens (including phenoxy) is 1. The minimum absolute atomic E-state index is 0. The van der Waals surface area contributed by atoms with Gasteiger partial charge in [-0.2, -0.15) is 0 Å². The molecule has 0 spiro atoms. The highest BCUT2D eigenvalue weighted by molar-refractivity contribution is 14.0. The Morgan fingerprint density at radius 2 is 1.73 bits per heavy atom. The molecule has 26 heavy (non-hydrogen) atoms. The average Bonchev–Trinajstić information content (AvgIpc) is 2.67. The van der Waals surface area contributed by atoms with Gasteiger partial charge in [0, 0.05) is 52.9 Å². The zero-order chi connectivity index (χ0) is 17.9. The second-order valence-electron chi connectivity index (χ2n) is 6.26. The number of para-hydroxylation sites is 1. The first-order chi connectivity index (χ1) is 12.3. The van der Waals surface area contributed by atoms with E-state index in [2.05, 4.69) is 38.4 Å². The van der Waals surface area contributed by atoms with E-state index < -0.39 is 0 Å². The molecule has 7 heteroatoms. The van der Waals surface area contributed by atoms with Crippen LogP contribution in [0.3, 0.4) is 0 Å². The van der Waals surface area contributed by atoms with Crippen molar-refractivity contribution < 1.29 is 4.74 Å². The van der Waals surface area contributed by atoms with Crippen LogP contribution >= 0.6 is 24.0 Å². The van der Waals surface area contributed by atoms with Crippen molar-refractivity contribution in [2.45, 2.75) is 13.3 Å². The number of halogens is 1. The van der Waals surface area contributed by atoms with Crippen molar-refractivity contribution in [3.63, 3.8) is 0 Å². The van der Waals surface area contributed by atoms with Crippen molar-refractivity contribution in [3.8, 4) is 5.75 Å². The van der Waals surface area contributed by atoms with Crippen LogP contribution in [0.4, 0.5) is 0 Å². The summed E-state index contributed by atoms with van der Waals surface area (Å²) in [6.07, 6.45) is 0.906. The number of guanidine groups is 1. The summed E-state index contributed by atoms with van der Waals surface area (Å²) >= 11 is 0. The fourth-order valence-electron chi connectivity index (χ4n) is 3.11. The summed E-state index contributed by atoms with van der Waals surface area (Å²) in [6, 6.07) is 8.15. The molecule has 148 valence electrons. The van der Waals surface area contributed by atoms with Crippen LogP contribution in [0.1, 0.15) is 12.5 Å². The molecular weight excluding hydrogens is 441 g/mol. The Kier molecular flexibility index (Phi) is 11.6. The van der Waals surface area contributed by atoms with E-state index in [0.717, 1.165) is 57.4 Å².